The SMILES string of the molecule is CCC1CCCN1[C@H]1CCCC[C@@H]1O. The van der Waals surface area contributed by atoms with Crippen molar-refractivity contribution in [1.29, 1.82) is 0 Å². The molecule has 2 aliphatic rings. The first-order chi connectivity index (χ1) is 6.83. The van der Waals surface area contributed by atoms with Gasteiger partial charge in [-0.05, 0) is 38.6 Å². The molecule has 82 valence electrons. The lowest BCUT2D eigenvalue weighted by molar-refractivity contribution is 0.0129. The van der Waals surface area contributed by atoms with E-state index in [0.717, 1.165) is 12.5 Å². The predicted octanol–water partition coefficient (Wildman–Crippen LogP) is 2.16. The molecule has 2 fully saturated rings. The summed E-state index contributed by atoms with van der Waals surface area (Å²) >= 11 is 0. The first-order valence-electron chi connectivity index (χ1n) is 6.26. The maximum absolute atomic E-state index is 10.0. The number of hydrogen-bond acceptors (Lipinski definition) is 2. The van der Waals surface area contributed by atoms with E-state index in [1.165, 1.54) is 45.1 Å². The van der Waals surface area contributed by atoms with Crippen molar-refractivity contribution in [2.75, 3.05) is 6.54 Å². The number of rotatable bonds is 2. The number of aliphatic hydroxyl groups excluding tert-OH is 1. The van der Waals surface area contributed by atoms with Crippen LogP contribution in [0.4, 0.5) is 0 Å². The minimum atomic E-state index is -0.0455. The van der Waals surface area contributed by atoms with Crippen LogP contribution in [0.25, 0.3) is 0 Å². The van der Waals surface area contributed by atoms with E-state index in [1.807, 2.05) is 0 Å². The molecule has 1 saturated carbocycles. The molecule has 0 aromatic heterocycles. The van der Waals surface area contributed by atoms with E-state index >= 15 is 0 Å². The summed E-state index contributed by atoms with van der Waals surface area (Å²) in [4.78, 5) is 2.59. The third-order valence-electron chi connectivity index (χ3n) is 4.01. The lowest BCUT2D eigenvalue weighted by atomic mass is 9.91. The van der Waals surface area contributed by atoms with Gasteiger partial charge in [0.1, 0.15) is 0 Å². The van der Waals surface area contributed by atoms with Crippen molar-refractivity contribution in [1.82, 2.24) is 4.90 Å². The van der Waals surface area contributed by atoms with Crippen LogP contribution in [0.1, 0.15) is 51.9 Å². The first kappa shape index (κ1) is 10.4. The fourth-order valence-corrected chi connectivity index (χ4v) is 3.21. The molecule has 0 amide bonds. The van der Waals surface area contributed by atoms with Gasteiger partial charge in [0.05, 0.1) is 6.10 Å². The van der Waals surface area contributed by atoms with Gasteiger partial charge in [-0.3, -0.25) is 4.90 Å². The van der Waals surface area contributed by atoms with Crippen molar-refractivity contribution >= 4 is 0 Å². The summed E-state index contributed by atoms with van der Waals surface area (Å²) in [5.74, 6) is 0. The molecule has 1 heterocycles. The molecule has 14 heavy (non-hydrogen) atoms. The van der Waals surface area contributed by atoms with Crippen molar-refractivity contribution in [3.05, 3.63) is 0 Å². The Morgan fingerprint density at radius 2 is 1.93 bits per heavy atom. The molecule has 0 radical (unpaired) electrons. The predicted molar refractivity (Wildman–Crippen MR) is 58.3 cm³/mol. The molecule has 3 atom stereocenters. The molecule has 2 heteroatoms. The smallest absolute Gasteiger partial charge is 0.0695 e. The fraction of sp³-hybridized carbons (Fsp3) is 1.00. The van der Waals surface area contributed by atoms with Crippen LogP contribution in [0.5, 0.6) is 0 Å². The first-order valence-corrected chi connectivity index (χ1v) is 6.26. The lowest BCUT2D eigenvalue weighted by Gasteiger charge is -2.38. The van der Waals surface area contributed by atoms with Gasteiger partial charge < -0.3 is 5.11 Å². The number of hydrogen-bond donors (Lipinski definition) is 1. The van der Waals surface area contributed by atoms with E-state index in [0.29, 0.717) is 6.04 Å². The summed E-state index contributed by atoms with van der Waals surface area (Å²) in [6.45, 7) is 3.50. The molecule has 1 saturated heterocycles. The van der Waals surface area contributed by atoms with Crippen molar-refractivity contribution in [3.63, 3.8) is 0 Å². The molecule has 2 rings (SSSR count). The normalized spacial score (nSPS) is 40.3. The maximum Gasteiger partial charge on any atom is 0.0695 e. The molecule has 1 N–H and O–H groups in total. The van der Waals surface area contributed by atoms with Crippen LogP contribution in [0.15, 0.2) is 0 Å². The van der Waals surface area contributed by atoms with Gasteiger partial charge in [0.15, 0.2) is 0 Å². The molecule has 1 aliphatic heterocycles. The van der Waals surface area contributed by atoms with Gasteiger partial charge in [-0.1, -0.05) is 19.8 Å². The molecule has 0 aromatic carbocycles. The lowest BCUT2D eigenvalue weighted by Crippen LogP contribution is -2.47. The van der Waals surface area contributed by atoms with Crippen LogP contribution in [0.2, 0.25) is 0 Å². The van der Waals surface area contributed by atoms with Crippen molar-refractivity contribution in [2.45, 2.75) is 70.1 Å². The largest absolute Gasteiger partial charge is 0.391 e. The third-order valence-corrected chi connectivity index (χ3v) is 4.01. The number of likely N-dealkylation sites (tertiary alicyclic amines) is 1. The Kier molecular flexibility index (Phi) is 3.45. The van der Waals surface area contributed by atoms with E-state index < -0.39 is 0 Å². The molecule has 0 bridgehead atoms. The summed E-state index contributed by atoms with van der Waals surface area (Å²) in [6, 6.07) is 1.24. The van der Waals surface area contributed by atoms with E-state index in [1.54, 1.807) is 0 Å². The van der Waals surface area contributed by atoms with Crippen LogP contribution >= 0.6 is 0 Å². The van der Waals surface area contributed by atoms with Gasteiger partial charge in [0.2, 0.25) is 0 Å². The van der Waals surface area contributed by atoms with Crippen LogP contribution in [-0.4, -0.2) is 34.7 Å². The van der Waals surface area contributed by atoms with Crippen LogP contribution in [-0.2, 0) is 0 Å². The van der Waals surface area contributed by atoms with Gasteiger partial charge >= 0.3 is 0 Å². The Bertz CT molecular complexity index is 183. The molecule has 2 nitrogen and oxygen atoms in total. The van der Waals surface area contributed by atoms with Crippen molar-refractivity contribution < 1.29 is 5.11 Å². The average Bonchev–Trinajstić information content (AvgIpc) is 2.66. The molecular formula is C12H23NO. The molecule has 1 unspecified atom stereocenters. The summed E-state index contributed by atoms with van der Waals surface area (Å²) in [6.07, 6.45) is 8.67. The Balaban J connectivity index is 1.97. The summed E-state index contributed by atoms with van der Waals surface area (Å²) in [5.41, 5.74) is 0. The molecule has 1 aliphatic carbocycles. The van der Waals surface area contributed by atoms with Crippen LogP contribution in [0, 0.1) is 0 Å². The second-order valence-electron chi connectivity index (χ2n) is 4.86. The second kappa shape index (κ2) is 4.63. The molecular weight excluding hydrogens is 174 g/mol. The van der Waals surface area contributed by atoms with E-state index in [4.69, 9.17) is 0 Å². The Morgan fingerprint density at radius 1 is 1.14 bits per heavy atom. The number of nitrogens with zero attached hydrogens (tertiary/aromatic N) is 1. The van der Waals surface area contributed by atoms with Crippen molar-refractivity contribution in [3.8, 4) is 0 Å². The topological polar surface area (TPSA) is 23.5 Å². The fourth-order valence-electron chi connectivity index (χ4n) is 3.21. The van der Waals surface area contributed by atoms with Gasteiger partial charge in [-0.15, -0.1) is 0 Å². The van der Waals surface area contributed by atoms with E-state index in [9.17, 15) is 5.11 Å². The Labute approximate surface area is 87.3 Å². The Morgan fingerprint density at radius 3 is 2.64 bits per heavy atom. The van der Waals surface area contributed by atoms with Gasteiger partial charge in [0.25, 0.3) is 0 Å². The average molecular weight is 197 g/mol. The van der Waals surface area contributed by atoms with Crippen molar-refractivity contribution in [2.24, 2.45) is 0 Å². The monoisotopic (exact) mass is 197 g/mol. The highest BCUT2D eigenvalue weighted by atomic mass is 16.3. The Hall–Kier alpha value is -0.0800. The zero-order valence-corrected chi connectivity index (χ0v) is 9.28. The summed E-state index contributed by atoms with van der Waals surface area (Å²) in [7, 11) is 0. The van der Waals surface area contributed by atoms with E-state index in [-0.39, 0.29) is 6.10 Å². The zero-order chi connectivity index (χ0) is 9.97. The highest BCUT2D eigenvalue weighted by Crippen LogP contribution is 2.30. The summed E-state index contributed by atoms with van der Waals surface area (Å²) in [5, 5.41) is 10.0. The third kappa shape index (κ3) is 1.96. The molecule has 0 aromatic rings. The number of aliphatic hydroxyl groups is 1. The standard InChI is InChI=1S/C12H23NO/c1-2-10-6-5-9-13(10)11-7-3-4-8-12(11)14/h10-12,14H,2-9H2,1H3/t10?,11-,12-/m0/s1. The second-order valence-corrected chi connectivity index (χ2v) is 4.86. The van der Waals surface area contributed by atoms with Gasteiger partial charge in [-0.2, -0.15) is 0 Å². The molecule has 0 spiro atoms. The zero-order valence-electron chi connectivity index (χ0n) is 9.28. The van der Waals surface area contributed by atoms with Gasteiger partial charge in [0, 0.05) is 12.1 Å². The maximum atomic E-state index is 10.0. The van der Waals surface area contributed by atoms with Crippen LogP contribution < -0.4 is 0 Å². The highest BCUT2D eigenvalue weighted by Gasteiger charge is 2.34. The van der Waals surface area contributed by atoms with Crippen LogP contribution in [0.3, 0.4) is 0 Å². The quantitative estimate of drug-likeness (QED) is 0.733. The van der Waals surface area contributed by atoms with E-state index in [2.05, 4.69) is 11.8 Å². The summed E-state index contributed by atoms with van der Waals surface area (Å²) < 4.78 is 0. The highest BCUT2D eigenvalue weighted by molar-refractivity contribution is 4.89. The minimum absolute atomic E-state index is 0.0455. The van der Waals surface area contributed by atoms with Gasteiger partial charge in [-0.25, -0.2) is 0 Å². The minimum Gasteiger partial charge on any atom is -0.391 e.